The summed E-state index contributed by atoms with van der Waals surface area (Å²) in [6, 6.07) is 5.94. The molecule has 0 bridgehead atoms. The number of hydrogen-bond donors (Lipinski definition) is 1. The van der Waals surface area contributed by atoms with Crippen LogP contribution in [0.3, 0.4) is 0 Å². The Kier molecular flexibility index (Phi) is 5.02. The van der Waals surface area contributed by atoms with E-state index in [0.29, 0.717) is 13.1 Å². The van der Waals surface area contributed by atoms with Crippen molar-refractivity contribution in [2.24, 2.45) is 5.41 Å². The van der Waals surface area contributed by atoms with E-state index in [4.69, 9.17) is 0 Å². The summed E-state index contributed by atoms with van der Waals surface area (Å²) in [6.07, 6.45) is 2.66. The third kappa shape index (κ3) is 3.24. The molecular formula is C20H29N3O2. The number of rotatable bonds is 5. The maximum atomic E-state index is 13.1. The van der Waals surface area contributed by atoms with Gasteiger partial charge in [0, 0.05) is 38.4 Å². The van der Waals surface area contributed by atoms with Crippen LogP contribution in [0.1, 0.15) is 49.0 Å². The lowest BCUT2D eigenvalue weighted by Gasteiger charge is -2.24. The quantitative estimate of drug-likeness (QED) is 0.894. The van der Waals surface area contributed by atoms with Gasteiger partial charge < -0.3 is 15.1 Å². The van der Waals surface area contributed by atoms with Crippen molar-refractivity contribution in [2.75, 3.05) is 38.0 Å². The first-order chi connectivity index (χ1) is 12.0. The first-order valence-corrected chi connectivity index (χ1v) is 9.44. The normalized spacial score (nSPS) is 22.9. The van der Waals surface area contributed by atoms with Gasteiger partial charge in [-0.2, -0.15) is 0 Å². The number of likely N-dealkylation sites (tertiary alicyclic amines) is 2. The highest BCUT2D eigenvalue weighted by molar-refractivity contribution is 6.00. The summed E-state index contributed by atoms with van der Waals surface area (Å²) in [5.41, 5.74) is 2.33. The first-order valence-electron chi connectivity index (χ1n) is 9.44. The zero-order valence-corrected chi connectivity index (χ0v) is 15.6. The van der Waals surface area contributed by atoms with Crippen LogP contribution in [0.15, 0.2) is 18.2 Å². The number of carbonyl (C=O) groups is 2. The van der Waals surface area contributed by atoms with Crippen molar-refractivity contribution >= 4 is 17.5 Å². The Bertz CT molecular complexity index is 673. The largest absolute Gasteiger partial charge is 0.385 e. The summed E-state index contributed by atoms with van der Waals surface area (Å²) in [5.74, 6) is 0.291. The Balaban J connectivity index is 1.78. The van der Waals surface area contributed by atoms with Gasteiger partial charge in [-0.15, -0.1) is 0 Å². The Morgan fingerprint density at radius 2 is 2.00 bits per heavy atom. The summed E-state index contributed by atoms with van der Waals surface area (Å²) in [6.45, 7) is 9.80. The smallest absolute Gasteiger partial charge is 0.255 e. The van der Waals surface area contributed by atoms with E-state index in [1.165, 1.54) is 0 Å². The van der Waals surface area contributed by atoms with Crippen LogP contribution in [-0.4, -0.2) is 54.3 Å². The van der Waals surface area contributed by atoms with Crippen LogP contribution in [-0.2, 0) is 4.79 Å². The van der Waals surface area contributed by atoms with Crippen LogP contribution < -0.4 is 5.32 Å². The van der Waals surface area contributed by atoms with Crippen molar-refractivity contribution in [3.8, 4) is 0 Å². The molecule has 0 aliphatic carbocycles. The van der Waals surface area contributed by atoms with E-state index in [1.54, 1.807) is 0 Å². The molecule has 3 rings (SSSR count). The van der Waals surface area contributed by atoms with Gasteiger partial charge in [-0.1, -0.05) is 18.6 Å². The van der Waals surface area contributed by atoms with Gasteiger partial charge in [0.1, 0.15) is 0 Å². The summed E-state index contributed by atoms with van der Waals surface area (Å²) >= 11 is 0. The third-order valence-electron chi connectivity index (χ3n) is 5.51. The van der Waals surface area contributed by atoms with Crippen LogP contribution in [0.2, 0.25) is 0 Å². The minimum Gasteiger partial charge on any atom is -0.385 e. The molecule has 0 saturated carbocycles. The van der Waals surface area contributed by atoms with Crippen molar-refractivity contribution in [1.29, 1.82) is 0 Å². The van der Waals surface area contributed by atoms with E-state index in [-0.39, 0.29) is 17.2 Å². The Labute approximate surface area is 150 Å². The van der Waals surface area contributed by atoms with Crippen LogP contribution in [0.4, 0.5) is 5.69 Å². The number of hydrogen-bond acceptors (Lipinski definition) is 3. The van der Waals surface area contributed by atoms with Gasteiger partial charge >= 0.3 is 0 Å². The van der Waals surface area contributed by atoms with Gasteiger partial charge in [-0.3, -0.25) is 9.59 Å². The average molecular weight is 343 g/mol. The first kappa shape index (κ1) is 17.8. The zero-order chi connectivity index (χ0) is 18.0. The molecule has 2 aliphatic rings. The minimum absolute atomic E-state index is 0.0401. The summed E-state index contributed by atoms with van der Waals surface area (Å²) in [4.78, 5) is 29.8. The lowest BCUT2D eigenvalue weighted by atomic mass is 9.85. The number of benzene rings is 1. The second-order valence-electron chi connectivity index (χ2n) is 7.38. The zero-order valence-electron chi connectivity index (χ0n) is 15.6. The molecule has 2 heterocycles. The molecule has 1 unspecified atom stereocenters. The fourth-order valence-corrected chi connectivity index (χ4v) is 4.15. The molecule has 0 aromatic heterocycles. The summed E-state index contributed by atoms with van der Waals surface area (Å²) in [7, 11) is 0. The summed E-state index contributed by atoms with van der Waals surface area (Å²) < 4.78 is 0. The van der Waals surface area contributed by atoms with Crippen molar-refractivity contribution in [1.82, 2.24) is 9.80 Å². The predicted octanol–water partition coefficient (Wildman–Crippen LogP) is 2.90. The minimum atomic E-state index is -0.340. The molecular weight excluding hydrogens is 314 g/mol. The van der Waals surface area contributed by atoms with E-state index in [0.717, 1.165) is 55.7 Å². The summed E-state index contributed by atoms with van der Waals surface area (Å²) in [5, 5.41) is 3.28. The molecule has 2 amide bonds. The maximum absolute atomic E-state index is 13.1. The molecule has 2 fully saturated rings. The van der Waals surface area contributed by atoms with Gasteiger partial charge in [-0.05, 0) is 45.2 Å². The van der Waals surface area contributed by atoms with Crippen molar-refractivity contribution in [3.05, 3.63) is 29.3 Å². The molecule has 1 aromatic rings. The monoisotopic (exact) mass is 343 g/mol. The van der Waals surface area contributed by atoms with Gasteiger partial charge in [0.25, 0.3) is 5.91 Å². The molecule has 1 spiro atoms. The number of anilines is 1. The topological polar surface area (TPSA) is 52.6 Å². The third-order valence-corrected chi connectivity index (χ3v) is 5.51. The molecule has 2 aliphatic heterocycles. The van der Waals surface area contributed by atoms with Crippen LogP contribution >= 0.6 is 0 Å². The molecule has 0 radical (unpaired) electrons. The standard InChI is InChI=1S/C20H29N3O2/c1-4-10-22-11-8-20(19(22)25)9-12-23(14-20)18(24)16-13-15(3)6-7-17(16)21-5-2/h6-7,13,21H,4-5,8-12,14H2,1-3H3. The van der Waals surface area contributed by atoms with Gasteiger partial charge in [0.05, 0.1) is 11.0 Å². The molecule has 1 aromatic carbocycles. The predicted molar refractivity (Wildman–Crippen MR) is 99.8 cm³/mol. The molecule has 5 heteroatoms. The lowest BCUT2D eigenvalue weighted by Crippen LogP contribution is -2.38. The van der Waals surface area contributed by atoms with Crippen LogP contribution in [0.5, 0.6) is 0 Å². The van der Waals surface area contributed by atoms with E-state index < -0.39 is 0 Å². The number of nitrogens with one attached hydrogen (secondary N) is 1. The van der Waals surface area contributed by atoms with E-state index >= 15 is 0 Å². The number of aryl methyl sites for hydroxylation is 1. The molecule has 5 nitrogen and oxygen atoms in total. The second kappa shape index (κ2) is 7.06. The van der Waals surface area contributed by atoms with E-state index in [2.05, 4.69) is 12.2 Å². The molecule has 2 saturated heterocycles. The maximum Gasteiger partial charge on any atom is 0.255 e. The molecule has 25 heavy (non-hydrogen) atoms. The highest BCUT2D eigenvalue weighted by Crippen LogP contribution is 2.41. The highest BCUT2D eigenvalue weighted by Gasteiger charge is 2.51. The fraction of sp³-hybridized carbons (Fsp3) is 0.600. The van der Waals surface area contributed by atoms with E-state index in [1.807, 2.05) is 41.8 Å². The highest BCUT2D eigenvalue weighted by atomic mass is 16.2. The Morgan fingerprint density at radius 1 is 1.24 bits per heavy atom. The average Bonchev–Trinajstić information content (AvgIpc) is 3.16. The number of amides is 2. The number of carbonyl (C=O) groups excluding carboxylic acids is 2. The van der Waals surface area contributed by atoms with Crippen LogP contribution in [0.25, 0.3) is 0 Å². The van der Waals surface area contributed by atoms with Gasteiger partial charge in [0.15, 0.2) is 0 Å². The van der Waals surface area contributed by atoms with Crippen molar-refractivity contribution < 1.29 is 9.59 Å². The molecule has 136 valence electrons. The van der Waals surface area contributed by atoms with Crippen molar-refractivity contribution in [3.63, 3.8) is 0 Å². The van der Waals surface area contributed by atoms with Gasteiger partial charge in [0.2, 0.25) is 5.91 Å². The van der Waals surface area contributed by atoms with Gasteiger partial charge in [-0.25, -0.2) is 0 Å². The second-order valence-corrected chi connectivity index (χ2v) is 7.38. The Hall–Kier alpha value is -2.04. The lowest BCUT2D eigenvalue weighted by molar-refractivity contribution is -0.135. The Morgan fingerprint density at radius 3 is 2.72 bits per heavy atom. The van der Waals surface area contributed by atoms with Crippen LogP contribution in [0, 0.1) is 12.3 Å². The SMILES string of the molecule is CCCN1CCC2(CCN(C(=O)c3cc(C)ccc3NCC)C2)C1=O. The molecule has 1 atom stereocenters. The van der Waals surface area contributed by atoms with Crippen molar-refractivity contribution in [2.45, 2.75) is 40.0 Å². The molecule has 1 N–H and O–H groups in total. The number of nitrogens with zero attached hydrogens (tertiary/aromatic N) is 2. The fourth-order valence-electron chi connectivity index (χ4n) is 4.15. The van der Waals surface area contributed by atoms with E-state index in [9.17, 15) is 9.59 Å².